The fourth-order valence-electron chi connectivity index (χ4n) is 4.29. The van der Waals surface area contributed by atoms with Crippen LogP contribution in [0.15, 0.2) is 48.5 Å². The second-order valence-corrected chi connectivity index (χ2v) is 8.65. The monoisotopic (exact) mass is 462 g/mol. The number of rotatable bonds is 7. The van der Waals surface area contributed by atoms with E-state index in [9.17, 15) is 22.8 Å². The van der Waals surface area contributed by atoms with Crippen LogP contribution < -0.4 is 10.1 Å². The molecular formula is C24H25F3N2O4. The van der Waals surface area contributed by atoms with Gasteiger partial charge < -0.3 is 15.2 Å². The quantitative estimate of drug-likeness (QED) is 0.643. The molecule has 0 unspecified atom stereocenters. The SMILES string of the molecule is C[C@H](NC(=O)C1(N2CC[C@@H](Oc3cccc(C(F)(F)F)c3)C2)CC1)c1ccc(C(=O)O)cc1. The van der Waals surface area contributed by atoms with Crippen molar-refractivity contribution in [2.75, 3.05) is 13.1 Å². The Morgan fingerprint density at radius 3 is 2.48 bits per heavy atom. The molecule has 2 aliphatic rings. The highest BCUT2D eigenvalue weighted by atomic mass is 19.4. The summed E-state index contributed by atoms with van der Waals surface area (Å²) in [5, 5.41) is 12.0. The van der Waals surface area contributed by atoms with Crippen molar-refractivity contribution in [3.8, 4) is 5.75 Å². The summed E-state index contributed by atoms with van der Waals surface area (Å²) in [6.07, 6.45) is -2.68. The summed E-state index contributed by atoms with van der Waals surface area (Å²) >= 11 is 0. The Hall–Kier alpha value is -3.07. The Morgan fingerprint density at radius 2 is 1.88 bits per heavy atom. The third kappa shape index (κ3) is 4.98. The van der Waals surface area contributed by atoms with Crippen molar-refractivity contribution in [1.82, 2.24) is 10.2 Å². The minimum Gasteiger partial charge on any atom is -0.489 e. The lowest BCUT2D eigenvalue weighted by Crippen LogP contribution is -2.49. The smallest absolute Gasteiger partial charge is 0.416 e. The number of halogens is 3. The Bertz CT molecular complexity index is 1030. The Kier molecular flexibility index (Phi) is 6.09. The predicted molar refractivity (Wildman–Crippen MR) is 114 cm³/mol. The highest BCUT2D eigenvalue weighted by Crippen LogP contribution is 2.44. The van der Waals surface area contributed by atoms with Crippen LogP contribution in [0.5, 0.6) is 5.75 Å². The van der Waals surface area contributed by atoms with Gasteiger partial charge in [-0.15, -0.1) is 0 Å². The first kappa shape index (κ1) is 23.1. The number of aromatic carboxylic acids is 1. The van der Waals surface area contributed by atoms with Crippen molar-refractivity contribution in [2.45, 2.75) is 50.0 Å². The molecule has 1 saturated carbocycles. The second-order valence-electron chi connectivity index (χ2n) is 8.65. The van der Waals surface area contributed by atoms with Crippen LogP contribution in [0.3, 0.4) is 0 Å². The lowest BCUT2D eigenvalue weighted by molar-refractivity contribution is -0.137. The first-order chi connectivity index (χ1) is 15.6. The van der Waals surface area contributed by atoms with E-state index in [2.05, 4.69) is 10.2 Å². The highest BCUT2D eigenvalue weighted by molar-refractivity contribution is 5.90. The maximum atomic E-state index is 13.1. The minimum absolute atomic E-state index is 0.1000. The number of alkyl halides is 3. The van der Waals surface area contributed by atoms with E-state index in [1.165, 1.54) is 24.3 Å². The number of benzene rings is 2. The summed E-state index contributed by atoms with van der Waals surface area (Å²) in [7, 11) is 0. The molecule has 176 valence electrons. The molecule has 0 aromatic heterocycles. The molecule has 2 N–H and O–H groups in total. The number of nitrogens with zero attached hydrogens (tertiary/aromatic N) is 1. The molecule has 0 radical (unpaired) electrons. The average Bonchev–Trinajstić information content (AvgIpc) is 3.46. The van der Waals surface area contributed by atoms with Gasteiger partial charge in [-0.1, -0.05) is 18.2 Å². The van der Waals surface area contributed by atoms with Gasteiger partial charge in [0.2, 0.25) is 5.91 Å². The predicted octanol–water partition coefficient (Wildman–Crippen LogP) is 4.27. The molecule has 2 aromatic carbocycles. The Labute approximate surface area is 189 Å². The number of nitrogens with one attached hydrogen (secondary N) is 1. The molecule has 2 fully saturated rings. The van der Waals surface area contributed by atoms with Crippen molar-refractivity contribution in [3.63, 3.8) is 0 Å². The molecule has 1 heterocycles. The average molecular weight is 462 g/mol. The molecule has 0 spiro atoms. The minimum atomic E-state index is -4.43. The third-order valence-electron chi connectivity index (χ3n) is 6.37. The first-order valence-electron chi connectivity index (χ1n) is 10.8. The molecule has 1 amide bonds. The molecule has 6 nitrogen and oxygen atoms in total. The summed E-state index contributed by atoms with van der Waals surface area (Å²) in [5.41, 5.74) is -0.393. The molecule has 9 heteroatoms. The fourth-order valence-corrected chi connectivity index (χ4v) is 4.29. The van der Waals surface area contributed by atoms with E-state index in [-0.39, 0.29) is 29.4 Å². The largest absolute Gasteiger partial charge is 0.489 e. The van der Waals surface area contributed by atoms with Crippen LogP contribution in [-0.4, -0.2) is 46.6 Å². The topological polar surface area (TPSA) is 78.9 Å². The first-order valence-corrected chi connectivity index (χ1v) is 10.8. The van der Waals surface area contributed by atoms with Crippen molar-refractivity contribution in [3.05, 3.63) is 65.2 Å². The third-order valence-corrected chi connectivity index (χ3v) is 6.37. The number of ether oxygens (including phenoxy) is 1. The molecule has 2 atom stereocenters. The summed E-state index contributed by atoms with van der Waals surface area (Å²) in [6.45, 7) is 2.93. The molecule has 1 aliphatic carbocycles. The van der Waals surface area contributed by atoms with Crippen LogP contribution in [0.25, 0.3) is 0 Å². The van der Waals surface area contributed by atoms with Crippen LogP contribution in [0, 0.1) is 0 Å². The number of carboxylic acids is 1. The standard InChI is InChI=1S/C24H25F3N2O4/c1-15(16-5-7-17(8-6-16)21(30)31)28-22(32)23(10-11-23)29-12-9-20(14-29)33-19-4-2-3-18(13-19)24(25,26)27/h2-8,13,15,20H,9-12,14H2,1H3,(H,28,32)(H,30,31)/t15-,20+/m0/s1. The number of carboxylic acid groups (broad SMARTS) is 1. The van der Waals surface area contributed by atoms with Crippen molar-refractivity contribution in [1.29, 1.82) is 0 Å². The Morgan fingerprint density at radius 1 is 1.18 bits per heavy atom. The normalized spacial score (nSPS) is 20.8. The lowest BCUT2D eigenvalue weighted by atomic mass is 10.1. The van der Waals surface area contributed by atoms with Crippen LogP contribution in [-0.2, 0) is 11.0 Å². The molecule has 0 bridgehead atoms. The van der Waals surface area contributed by atoms with E-state index in [1.54, 1.807) is 12.1 Å². The molecule has 2 aromatic rings. The number of hydrogen-bond donors (Lipinski definition) is 2. The van der Waals surface area contributed by atoms with Crippen LogP contribution in [0.4, 0.5) is 13.2 Å². The molecular weight excluding hydrogens is 437 g/mol. The van der Waals surface area contributed by atoms with Gasteiger partial charge in [-0.3, -0.25) is 9.69 Å². The zero-order chi connectivity index (χ0) is 23.8. The zero-order valence-corrected chi connectivity index (χ0v) is 18.1. The van der Waals surface area contributed by atoms with Crippen molar-refractivity contribution < 1.29 is 32.6 Å². The zero-order valence-electron chi connectivity index (χ0n) is 18.1. The number of likely N-dealkylation sites (tertiary alicyclic amines) is 1. The van der Waals surface area contributed by atoms with Gasteiger partial charge in [0.15, 0.2) is 0 Å². The number of amides is 1. The van der Waals surface area contributed by atoms with Gasteiger partial charge in [-0.25, -0.2) is 4.79 Å². The van der Waals surface area contributed by atoms with E-state index in [1.807, 2.05) is 6.92 Å². The van der Waals surface area contributed by atoms with Gasteiger partial charge >= 0.3 is 12.1 Å². The van der Waals surface area contributed by atoms with Crippen molar-refractivity contribution in [2.24, 2.45) is 0 Å². The van der Waals surface area contributed by atoms with Gasteiger partial charge in [0.05, 0.1) is 17.2 Å². The fraction of sp³-hybridized carbons (Fsp3) is 0.417. The van der Waals surface area contributed by atoms with Gasteiger partial charge in [-0.2, -0.15) is 13.2 Å². The van der Waals surface area contributed by atoms with Crippen molar-refractivity contribution >= 4 is 11.9 Å². The van der Waals surface area contributed by atoms with E-state index >= 15 is 0 Å². The second kappa shape index (κ2) is 8.70. The summed E-state index contributed by atoms with van der Waals surface area (Å²) in [6, 6.07) is 10.9. The number of carbonyl (C=O) groups is 2. The summed E-state index contributed by atoms with van der Waals surface area (Å²) in [5.74, 6) is -0.937. The van der Waals surface area contributed by atoms with E-state index in [0.717, 1.165) is 17.7 Å². The molecule has 4 rings (SSSR count). The molecule has 1 saturated heterocycles. The maximum absolute atomic E-state index is 13.1. The van der Waals surface area contributed by atoms with Gasteiger partial charge in [0.1, 0.15) is 17.4 Å². The van der Waals surface area contributed by atoms with E-state index in [4.69, 9.17) is 9.84 Å². The van der Waals surface area contributed by atoms with Crippen LogP contribution >= 0.6 is 0 Å². The van der Waals surface area contributed by atoms with Crippen LogP contribution in [0.1, 0.15) is 53.7 Å². The lowest BCUT2D eigenvalue weighted by Gasteiger charge is -2.28. The highest BCUT2D eigenvalue weighted by Gasteiger charge is 2.56. The maximum Gasteiger partial charge on any atom is 0.416 e. The Balaban J connectivity index is 1.35. The number of hydrogen-bond acceptors (Lipinski definition) is 4. The van der Waals surface area contributed by atoms with E-state index in [0.29, 0.717) is 32.4 Å². The number of carbonyl (C=O) groups excluding carboxylic acids is 1. The van der Waals surface area contributed by atoms with E-state index < -0.39 is 23.2 Å². The van der Waals surface area contributed by atoms with Gasteiger partial charge in [0, 0.05) is 13.1 Å². The summed E-state index contributed by atoms with van der Waals surface area (Å²) in [4.78, 5) is 26.2. The van der Waals surface area contributed by atoms with Crippen LogP contribution in [0.2, 0.25) is 0 Å². The summed E-state index contributed by atoms with van der Waals surface area (Å²) < 4.78 is 44.6. The molecule has 1 aliphatic heterocycles. The molecule has 33 heavy (non-hydrogen) atoms. The van der Waals surface area contributed by atoms with Gasteiger partial charge in [0.25, 0.3) is 0 Å². The van der Waals surface area contributed by atoms with Gasteiger partial charge in [-0.05, 0) is 62.1 Å².